The number of nitrogens with zero attached hydrogens (tertiary/aromatic N) is 1. The van der Waals surface area contributed by atoms with Crippen molar-refractivity contribution < 1.29 is 0 Å². The first kappa shape index (κ1) is 14.7. The van der Waals surface area contributed by atoms with E-state index in [-0.39, 0.29) is 0 Å². The molecule has 20 heavy (non-hydrogen) atoms. The van der Waals surface area contributed by atoms with Gasteiger partial charge >= 0.3 is 0 Å². The monoisotopic (exact) mass is 268 g/mol. The number of aryl methyl sites for hydroxylation is 1. The minimum Gasteiger partial charge on any atom is -0.304 e. The molecule has 1 unspecified atom stereocenters. The second kappa shape index (κ2) is 7.20. The molecule has 0 bridgehead atoms. The van der Waals surface area contributed by atoms with Crippen LogP contribution in [0.3, 0.4) is 0 Å². The Bertz CT molecular complexity index is 505. The number of rotatable bonds is 6. The van der Waals surface area contributed by atoms with E-state index in [1.807, 2.05) is 12.4 Å². The van der Waals surface area contributed by atoms with Crippen molar-refractivity contribution in [2.45, 2.75) is 45.7 Å². The molecule has 106 valence electrons. The van der Waals surface area contributed by atoms with Gasteiger partial charge in [0.15, 0.2) is 0 Å². The van der Waals surface area contributed by atoms with E-state index in [0.29, 0.717) is 12.1 Å². The van der Waals surface area contributed by atoms with E-state index < -0.39 is 0 Å². The van der Waals surface area contributed by atoms with Crippen LogP contribution < -0.4 is 5.32 Å². The molecule has 2 rings (SSSR count). The first-order valence-electron chi connectivity index (χ1n) is 7.45. The van der Waals surface area contributed by atoms with Gasteiger partial charge in [-0.05, 0) is 49.1 Å². The fraction of sp³-hybridized carbons (Fsp3) is 0.389. The number of nitrogens with one attached hydrogen (secondary N) is 1. The molecule has 0 aliphatic carbocycles. The third-order valence-corrected chi connectivity index (χ3v) is 3.72. The third-order valence-electron chi connectivity index (χ3n) is 3.72. The number of pyridine rings is 1. The lowest BCUT2D eigenvalue weighted by Gasteiger charge is -2.21. The highest BCUT2D eigenvalue weighted by Gasteiger charge is 2.10. The minimum atomic E-state index is 0.323. The molecule has 0 saturated heterocycles. The third kappa shape index (κ3) is 3.91. The van der Waals surface area contributed by atoms with Crippen molar-refractivity contribution >= 4 is 0 Å². The Hall–Kier alpha value is -1.67. The van der Waals surface area contributed by atoms with Gasteiger partial charge in [0.1, 0.15) is 0 Å². The van der Waals surface area contributed by atoms with Gasteiger partial charge in [0, 0.05) is 24.5 Å². The van der Waals surface area contributed by atoms with Crippen LogP contribution in [0.15, 0.2) is 48.8 Å². The van der Waals surface area contributed by atoms with Crippen LogP contribution >= 0.6 is 0 Å². The maximum absolute atomic E-state index is 4.06. The summed E-state index contributed by atoms with van der Waals surface area (Å²) < 4.78 is 0. The Morgan fingerprint density at radius 2 is 1.45 bits per heavy atom. The highest BCUT2D eigenvalue weighted by Crippen LogP contribution is 2.19. The van der Waals surface area contributed by atoms with E-state index in [9.17, 15) is 0 Å². The molecule has 2 atom stereocenters. The lowest BCUT2D eigenvalue weighted by molar-refractivity contribution is 0.494. The van der Waals surface area contributed by atoms with E-state index in [1.54, 1.807) is 0 Å². The van der Waals surface area contributed by atoms with Crippen molar-refractivity contribution in [3.63, 3.8) is 0 Å². The zero-order chi connectivity index (χ0) is 14.4. The highest BCUT2D eigenvalue weighted by atomic mass is 14.9. The molecule has 0 aliphatic rings. The molecule has 2 heteroatoms. The summed E-state index contributed by atoms with van der Waals surface area (Å²) in [5.74, 6) is 0. The van der Waals surface area contributed by atoms with Gasteiger partial charge in [-0.3, -0.25) is 4.98 Å². The molecular formula is C18H24N2. The molecule has 0 aliphatic heterocycles. The maximum atomic E-state index is 4.06. The summed E-state index contributed by atoms with van der Waals surface area (Å²) in [4.78, 5) is 4.06. The number of hydrogen-bond acceptors (Lipinski definition) is 2. The zero-order valence-electron chi connectivity index (χ0n) is 12.6. The van der Waals surface area contributed by atoms with Crippen LogP contribution in [-0.2, 0) is 6.42 Å². The summed E-state index contributed by atoms with van der Waals surface area (Å²) in [5.41, 5.74) is 4.03. The summed E-state index contributed by atoms with van der Waals surface area (Å²) in [6, 6.07) is 13.8. The normalized spacial score (nSPS) is 13.9. The van der Waals surface area contributed by atoms with E-state index in [0.717, 1.165) is 6.42 Å². The van der Waals surface area contributed by atoms with Crippen LogP contribution in [0.2, 0.25) is 0 Å². The minimum absolute atomic E-state index is 0.323. The average Bonchev–Trinajstić information content (AvgIpc) is 2.49. The summed E-state index contributed by atoms with van der Waals surface area (Å²) in [7, 11) is 0. The lowest BCUT2D eigenvalue weighted by atomic mass is 10.0. The first-order chi connectivity index (χ1) is 9.70. The van der Waals surface area contributed by atoms with E-state index >= 15 is 0 Å². The number of hydrogen-bond donors (Lipinski definition) is 1. The summed E-state index contributed by atoms with van der Waals surface area (Å²) >= 11 is 0. The van der Waals surface area contributed by atoms with Crippen LogP contribution in [0, 0.1) is 0 Å². The second-order valence-electron chi connectivity index (χ2n) is 5.38. The fourth-order valence-electron chi connectivity index (χ4n) is 2.48. The standard InChI is InChI=1S/C18H24N2/c1-4-5-16-6-8-17(9-7-16)14(2)20-15(3)18-10-12-19-13-11-18/h6-15,20H,4-5H2,1-3H3/t14?,15-/m0/s1. The van der Waals surface area contributed by atoms with Gasteiger partial charge in [-0.25, -0.2) is 0 Å². The van der Waals surface area contributed by atoms with Crippen molar-refractivity contribution in [3.05, 3.63) is 65.5 Å². The number of benzene rings is 1. The van der Waals surface area contributed by atoms with Crippen LogP contribution in [0.4, 0.5) is 0 Å². The Morgan fingerprint density at radius 3 is 2.00 bits per heavy atom. The highest BCUT2D eigenvalue weighted by molar-refractivity contribution is 5.25. The van der Waals surface area contributed by atoms with Gasteiger partial charge in [-0.1, -0.05) is 37.6 Å². The summed E-state index contributed by atoms with van der Waals surface area (Å²) in [6.45, 7) is 6.62. The SMILES string of the molecule is CCCc1ccc(C(C)N[C@@H](C)c2ccncc2)cc1. The van der Waals surface area contributed by atoms with Crippen LogP contribution in [-0.4, -0.2) is 4.98 Å². The van der Waals surface area contributed by atoms with Crippen molar-refractivity contribution in [1.82, 2.24) is 10.3 Å². The molecule has 0 spiro atoms. The molecule has 1 aromatic heterocycles. The topological polar surface area (TPSA) is 24.9 Å². The Morgan fingerprint density at radius 1 is 0.900 bits per heavy atom. The van der Waals surface area contributed by atoms with Crippen LogP contribution in [0.1, 0.15) is 56.0 Å². The fourth-order valence-corrected chi connectivity index (χ4v) is 2.48. The molecule has 1 heterocycles. The molecule has 0 saturated carbocycles. The molecular weight excluding hydrogens is 244 g/mol. The first-order valence-corrected chi connectivity index (χ1v) is 7.45. The number of aromatic nitrogens is 1. The van der Waals surface area contributed by atoms with Crippen molar-refractivity contribution in [1.29, 1.82) is 0 Å². The maximum Gasteiger partial charge on any atom is 0.0298 e. The lowest BCUT2D eigenvalue weighted by Crippen LogP contribution is -2.22. The van der Waals surface area contributed by atoms with Gasteiger partial charge in [-0.15, -0.1) is 0 Å². The van der Waals surface area contributed by atoms with Gasteiger partial charge < -0.3 is 5.32 Å². The predicted molar refractivity (Wildman–Crippen MR) is 84.6 cm³/mol. The second-order valence-corrected chi connectivity index (χ2v) is 5.38. The largest absolute Gasteiger partial charge is 0.304 e. The molecule has 0 fully saturated rings. The van der Waals surface area contributed by atoms with Crippen LogP contribution in [0.5, 0.6) is 0 Å². The Balaban J connectivity index is 1.99. The Kier molecular flexibility index (Phi) is 5.31. The van der Waals surface area contributed by atoms with Crippen LogP contribution in [0.25, 0.3) is 0 Å². The average molecular weight is 268 g/mol. The summed E-state index contributed by atoms with van der Waals surface area (Å²) in [5, 5.41) is 3.64. The summed E-state index contributed by atoms with van der Waals surface area (Å²) in [6.07, 6.45) is 6.05. The van der Waals surface area contributed by atoms with Crippen molar-refractivity contribution in [3.8, 4) is 0 Å². The predicted octanol–water partition coefficient (Wildman–Crippen LogP) is 4.45. The van der Waals surface area contributed by atoms with Gasteiger partial charge in [0.2, 0.25) is 0 Å². The molecule has 1 aromatic carbocycles. The van der Waals surface area contributed by atoms with E-state index in [1.165, 1.54) is 23.1 Å². The van der Waals surface area contributed by atoms with E-state index in [2.05, 4.69) is 67.5 Å². The zero-order valence-corrected chi connectivity index (χ0v) is 12.6. The molecule has 0 amide bonds. The van der Waals surface area contributed by atoms with Gasteiger partial charge in [0.05, 0.1) is 0 Å². The van der Waals surface area contributed by atoms with Crippen molar-refractivity contribution in [2.75, 3.05) is 0 Å². The molecule has 2 aromatic rings. The van der Waals surface area contributed by atoms with Gasteiger partial charge in [0.25, 0.3) is 0 Å². The quantitative estimate of drug-likeness (QED) is 0.837. The van der Waals surface area contributed by atoms with Gasteiger partial charge in [-0.2, -0.15) is 0 Å². The molecule has 1 N–H and O–H groups in total. The molecule has 0 radical (unpaired) electrons. The van der Waals surface area contributed by atoms with E-state index in [4.69, 9.17) is 0 Å². The smallest absolute Gasteiger partial charge is 0.0298 e. The Labute approximate surface area is 122 Å². The van der Waals surface area contributed by atoms with Crippen molar-refractivity contribution in [2.24, 2.45) is 0 Å². The molecule has 2 nitrogen and oxygen atoms in total.